The molecule has 0 bridgehead atoms. The van der Waals surface area contributed by atoms with Crippen LogP contribution < -0.4 is 15.4 Å². The van der Waals surface area contributed by atoms with E-state index in [0.29, 0.717) is 29.1 Å². The lowest BCUT2D eigenvalue weighted by Crippen LogP contribution is -2.35. The second kappa shape index (κ2) is 10.6. The third-order valence-electron chi connectivity index (χ3n) is 4.87. The molecule has 2 N–H and O–H groups in total. The second-order valence-corrected chi connectivity index (χ2v) is 7.14. The number of benzene rings is 1. The zero-order valence-electron chi connectivity index (χ0n) is 16.2. The van der Waals surface area contributed by atoms with Crippen molar-refractivity contribution in [3.8, 4) is 5.75 Å². The Morgan fingerprint density at radius 2 is 2.11 bits per heavy atom. The molecule has 9 heteroatoms. The summed E-state index contributed by atoms with van der Waals surface area (Å²) in [5.41, 5.74) is 1.18. The first kappa shape index (κ1) is 22.5. The summed E-state index contributed by atoms with van der Waals surface area (Å²) < 4.78 is 7.80. The molecule has 1 saturated heterocycles. The summed E-state index contributed by atoms with van der Waals surface area (Å²) in [6.45, 7) is 6.20. The van der Waals surface area contributed by atoms with Gasteiger partial charge in [0.1, 0.15) is 11.9 Å². The van der Waals surface area contributed by atoms with Crippen LogP contribution in [-0.2, 0) is 0 Å². The molecule has 3 rings (SSSR count). The summed E-state index contributed by atoms with van der Waals surface area (Å²) >= 11 is 6.14. The summed E-state index contributed by atoms with van der Waals surface area (Å²) in [5.74, 6) is 0.391. The summed E-state index contributed by atoms with van der Waals surface area (Å²) in [6.07, 6.45) is 2.56. The fraction of sp³-hybridized carbons (Fsp3) is 0.526. The van der Waals surface area contributed by atoms with E-state index in [1.54, 1.807) is 6.07 Å². The van der Waals surface area contributed by atoms with E-state index < -0.39 is 0 Å². The molecule has 0 spiro atoms. The molecule has 1 fully saturated rings. The van der Waals surface area contributed by atoms with Gasteiger partial charge in [0.2, 0.25) is 0 Å². The maximum absolute atomic E-state index is 12.6. The highest BCUT2D eigenvalue weighted by Crippen LogP contribution is 2.25. The van der Waals surface area contributed by atoms with E-state index in [1.807, 2.05) is 36.7 Å². The van der Waals surface area contributed by atoms with Crippen LogP contribution in [0, 0.1) is 6.92 Å². The van der Waals surface area contributed by atoms with Crippen LogP contribution in [0.15, 0.2) is 24.3 Å². The number of rotatable bonds is 7. The molecule has 1 aromatic heterocycles. The smallest absolute Gasteiger partial charge is 0.273 e. The van der Waals surface area contributed by atoms with Crippen molar-refractivity contribution in [2.75, 3.05) is 19.6 Å². The van der Waals surface area contributed by atoms with Crippen LogP contribution in [0.4, 0.5) is 0 Å². The highest BCUT2D eigenvalue weighted by atomic mass is 35.5. The fourth-order valence-corrected chi connectivity index (χ4v) is 3.41. The van der Waals surface area contributed by atoms with E-state index in [9.17, 15) is 4.79 Å². The average Bonchev–Trinajstić information content (AvgIpc) is 3.08. The molecule has 0 radical (unpaired) electrons. The van der Waals surface area contributed by atoms with E-state index in [4.69, 9.17) is 16.3 Å². The zero-order chi connectivity index (χ0) is 19.2. The SMILES string of the molecule is CCC(CNC(=O)c1nnn(C2CCNCC2)c1C)Oc1ccccc1Cl.Cl. The number of carbonyl (C=O) groups excluding carboxylic acids is 1. The average molecular weight is 428 g/mol. The van der Waals surface area contributed by atoms with Crippen LogP contribution in [0.1, 0.15) is 48.4 Å². The number of nitrogens with one attached hydrogen (secondary N) is 2. The Bertz CT molecular complexity index is 777. The molecule has 1 amide bonds. The Morgan fingerprint density at radius 3 is 2.79 bits per heavy atom. The predicted octanol–water partition coefficient (Wildman–Crippen LogP) is 3.17. The summed E-state index contributed by atoms with van der Waals surface area (Å²) in [6, 6.07) is 7.63. The summed E-state index contributed by atoms with van der Waals surface area (Å²) in [7, 11) is 0. The Hall–Kier alpha value is -1.83. The first-order chi connectivity index (χ1) is 13.1. The molecule has 1 aliphatic heterocycles. The van der Waals surface area contributed by atoms with Crippen LogP contribution >= 0.6 is 24.0 Å². The number of halogens is 2. The number of amides is 1. The van der Waals surface area contributed by atoms with Gasteiger partial charge in [0.15, 0.2) is 5.69 Å². The number of nitrogens with zero attached hydrogens (tertiary/aromatic N) is 3. The normalized spacial score (nSPS) is 15.5. The zero-order valence-corrected chi connectivity index (χ0v) is 17.7. The van der Waals surface area contributed by atoms with Crippen molar-refractivity contribution < 1.29 is 9.53 Å². The van der Waals surface area contributed by atoms with Crippen molar-refractivity contribution >= 4 is 29.9 Å². The molecule has 1 aromatic carbocycles. The van der Waals surface area contributed by atoms with Crippen LogP contribution in [0.5, 0.6) is 5.75 Å². The highest BCUT2D eigenvalue weighted by molar-refractivity contribution is 6.32. The predicted molar refractivity (Wildman–Crippen MR) is 112 cm³/mol. The van der Waals surface area contributed by atoms with E-state index >= 15 is 0 Å². The molecular weight excluding hydrogens is 401 g/mol. The largest absolute Gasteiger partial charge is 0.487 e. The van der Waals surface area contributed by atoms with Gasteiger partial charge in [0.05, 0.1) is 23.3 Å². The minimum absolute atomic E-state index is 0. The van der Waals surface area contributed by atoms with E-state index in [-0.39, 0.29) is 24.4 Å². The number of hydrogen-bond acceptors (Lipinski definition) is 5. The molecular formula is C19H27Cl2N5O2. The Balaban J connectivity index is 0.00000280. The first-order valence-electron chi connectivity index (χ1n) is 9.42. The van der Waals surface area contributed by atoms with E-state index in [1.165, 1.54) is 0 Å². The van der Waals surface area contributed by atoms with Crippen molar-refractivity contribution in [1.29, 1.82) is 0 Å². The molecule has 154 valence electrons. The van der Waals surface area contributed by atoms with Crippen LogP contribution in [-0.4, -0.2) is 46.6 Å². The number of carbonyl (C=O) groups is 1. The van der Waals surface area contributed by atoms with Gasteiger partial charge in [-0.3, -0.25) is 4.79 Å². The standard InChI is InChI=1S/C19H26ClN5O2.ClH/c1-3-15(27-17-7-5-4-6-16(17)20)12-22-19(26)18-13(2)25(24-23-18)14-8-10-21-11-9-14;/h4-7,14-15,21H,3,8-12H2,1-2H3,(H,22,26);1H. The molecule has 2 heterocycles. The number of hydrogen-bond donors (Lipinski definition) is 2. The van der Waals surface area contributed by atoms with Gasteiger partial charge in [-0.1, -0.05) is 35.9 Å². The molecule has 1 aliphatic rings. The van der Waals surface area contributed by atoms with Crippen LogP contribution in [0.25, 0.3) is 0 Å². The first-order valence-corrected chi connectivity index (χ1v) is 9.79. The van der Waals surface area contributed by atoms with Crippen molar-refractivity contribution in [2.24, 2.45) is 0 Å². The molecule has 7 nitrogen and oxygen atoms in total. The van der Waals surface area contributed by atoms with E-state index in [2.05, 4.69) is 20.9 Å². The van der Waals surface area contributed by atoms with Crippen molar-refractivity contribution in [3.05, 3.63) is 40.7 Å². The van der Waals surface area contributed by atoms with E-state index in [0.717, 1.165) is 38.0 Å². The van der Waals surface area contributed by atoms with Gasteiger partial charge in [-0.05, 0) is 51.4 Å². The highest BCUT2D eigenvalue weighted by Gasteiger charge is 2.23. The Kier molecular flexibility index (Phi) is 8.54. The number of aromatic nitrogens is 3. The van der Waals surface area contributed by atoms with Crippen LogP contribution in [0.2, 0.25) is 5.02 Å². The van der Waals surface area contributed by atoms with Gasteiger partial charge in [0, 0.05) is 0 Å². The molecule has 28 heavy (non-hydrogen) atoms. The van der Waals surface area contributed by atoms with Crippen LogP contribution in [0.3, 0.4) is 0 Å². The van der Waals surface area contributed by atoms with Gasteiger partial charge in [-0.15, -0.1) is 17.5 Å². The molecule has 0 saturated carbocycles. The maximum Gasteiger partial charge on any atom is 0.273 e. The van der Waals surface area contributed by atoms with Gasteiger partial charge >= 0.3 is 0 Å². The molecule has 1 atom stereocenters. The molecule has 1 unspecified atom stereocenters. The topological polar surface area (TPSA) is 81.1 Å². The molecule has 2 aromatic rings. The number of para-hydroxylation sites is 1. The quantitative estimate of drug-likeness (QED) is 0.708. The van der Waals surface area contributed by atoms with Gasteiger partial charge in [0.25, 0.3) is 5.91 Å². The Labute approximate surface area is 176 Å². The molecule has 0 aliphatic carbocycles. The lowest BCUT2D eigenvalue weighted by molar-refractivity contribution is 0.0920. The van der Waals surface area contributed by atoms with Gasteiger partial charge < -0.3 is 15.4 Å². The Morgan fingerprint density at radius 1 is 1.39 bits per heavy atom. The van der Waals surface area contributed by atoms with Gasteiger partial charge in [-0.25, -0.2) is 4.68 Å². The van der Waals surface area contributed by atoms with Gasteiger partial charge in [-0.2, -0.15) is 0 Å². The lowest BCUT2D eigenvalue weighted by Gasteiger charge is -2.23. The van der Waals surface area contributed by atoms with Crippen molar-refractivity contribution in [1.82, 2.24) is 25.6 Å². The number of ether oxygens (including phenoxy) is 1. The lowest BCUT2D eigenvalue weighted by atomic mass is 10.1. The minimum atomic E-state index is -0.228. The van der Waals surface area contributed by atoms with Crippen molar-refractivity contribution in [3.63, 3.8) is 0 Å². The maximum atomic E-state index is 12.6. The summed E-state index contributed by atoms with van der Waals surface area (Å²) in [4.78, 5) is 12.6. The summed E-state index contributed by atoms with van der Waals surface area (Å²) in [5, 5.41) is 15.1. The fourth-order valence-electron chi connectivity index (χ4n) is 3.23. The second-order valence-electron chi connectivity index (χ2n) is 6.74. The third kappa shape index (κ3) is 5.37. The third-order valence-corrected chi connectivity index (χ3v) is 5.19. The number of piperidine rings is 1. The monoisotopic (exact) mass is 427 g/mol. The minimum Gasteiger partial charge on any atom is -0.487 e. The van der Waals surface area contributed by atoms with Crippen molar-refractivity contribution in [2.45, 2.75) is 45.3 Å².